The minimum atomic E-state index is -0.231. The third kappa shape index (κ3) is 3.39. The molecule has 0 N–H and O–H groups in total. The van der Waals surface area contributed by atoms with Gasteiger partial charge < -0.3 is 14.5 Å². The summed E-state index contributed by atoms with van der Waals surface area (Å²) in [6, 6.07) is 3.81. The van der Waals surface area contributed by atoms with Gasteiger partial charge in [0.2, 0.25) is 11.8 Å². The second-order valence-corrected chi connectivity index (χ2v) is 5.46. The van der Waals surface area contributed by atoms with E-state index in [1.165, 1.54) is 7.11 Å². The number of pyridine rings is 1. The fourth-order valence-corrected chi connectivity index (χ4v) is 2.74. The van der Waals surface area contributed by atoms with Crippen LogP contribution in [0.4, 0.5) is 0 Å². The van der Waals surface area contributed by atoms with Crippen LogP contribution in [0, 0.1) is 5.92 Å². The van der Waals surface area contributed by atoms with Crippen molar-refractivity contribution in [3.05, 3.63) is 30.1 Å². The van der Waals surface area contributed by atoms with Crippen molar-refractivity contribution in [1.82, 2.24) is 14.8 Å². The van der Waals surface area contributed by atoms with Gasteiger partial charge in [0.25, 0.3) is 0 Å². The number of amides is 2. The fourth-order valence-electron chi connectivity index (χ4n) is 2.74. The van der Waals surface area contributed by atoms with E-state index in [0.29, 0.717) is 13.1 Å². The van der Waals surface area contributed by atoms with E-state index < -0.39 is 0 Å². The zero-order chi connectivity index (χ0) is 15.4. The summed E-state index contributed by atoms with van der Waals surface area (Å²) < 4.78 is 4.90. The normalized spacial score (nSPS) is 21.4. The van der Waals surface area contributed by atoms with E-state index in [-0.39, 0.29) is 30.3 Å². The summed E-state index contributed by atoms with van der Waals surface area (Å²) in [4.78, 5) is 31.8. The van der Waals surface area contributed by atoms with Crippen LogP contribution in [0.15, 0.2) is 24.5 Å². The average Bonchev–Trinajstić information content (AvgIpc) is 2.92. The summed E-state index contributed by atoms with van der Waals surface area (Å²) in [5.74, 6) is -0.295. The molecule has 0 radical (unpaired) electrons. The fraction of sp³-hybridized carbons (Fsp3) is 0.533. The average molecular weight is 291 g/mol. The molecular formula is C15H21N3O3. The highest BCUT2D eigenvalue weighted by Crippen LogP contribution is 2.33. The standard InChI is InChI=1S/C15H21N3O3/c1-17(2)15(20)13-9-18(14(19)10-21-3)8-12(13)11-5-4-6-16-7-11/h4-7,12-13H,8-10H2,1-3H3/t12-,13+/m0/s1. The van der Waals surface area contributed by atoms with Gasteiger partial charge in [-0.3, -0.25) is 14.6 Å². The minimum absolute atomic E-state index is 0.0191. The Morgan fingerprint density at radius 1 is 1.43 bits per heavy atom. The molecular weight excluding hydrogens is 270 g/mol. The van der Waals surface area contributed by atoms with Gasteiger partial charge in [-0.2, -0.15) is 0 Å². The molecule has 2 heterocycles. The molecule has 1 aromatic heterocycles. The van der Waals surface area contributed by atoms with Crippen LogP contribution in [0.3, 0.4) is 0 Å². The van der Waals surface area contributed by atoms with Crippen molar-refractivity contribution >= 4 is 11.8 Å². The number of ether oxygens (including phenoxy) is 1. The number of likely N-dealkylation sites (tertiary alicyclic amines) is 1. The monoisotopic (exact) mass is 291 g/mol. The lowest BCUT2D eigenvalue weighted by Crippen LogP contribution is -2.35. The van der Waals surface area contributed by atoms with Crippen LogP contribution in [-0.4, -0.2) is 67.5 Å². The number of carbonyl (C=O) groups is 2. The van der Waals surface area contributed by atoms with Crippen LogP contribution < -0.4 is 0 Å². The van der Waals surface area contributed by atoms with Crippen molar-refractivity contribution in [2.24, 2.45) is 5.92 Å². The van der Waals surface area contributed by atoms with Gasteiger partial charge in [0.15, 0.2) is 0 Å². The number of hydrogen-bond donors (Lipinski definition) is 0. The van der Waals surface area contributed by atoms with Gasteiger partial charge in [-0.15, -0.1) is 0 Å². The quantitative estimate of drug-likeness (QED) is 0.803. The van der Waals surface area contributed by atoms with E-state index in [1.54, 1.807) is 36.3 Å². The lowest BCUT2D eigenvalue weighted by Gasteiger charge is -2.21. The lowest BCUT2D eigenvalue weighted by molar-refractivity contribution is -0.135. The Kier molecular flexibility index (Phi) is 4.90. The van der Waals surface area contributed by atoms with Crippen LogP contribution in [0.5, 0.6) is 0 Å². The van der Waals surface area contributed by atoms with Gasteiger partial charge in [-0.05, 0) is 11.6 Å². The summed E-state index contributed by atoms with van der Waals surface area (Å²) >= 11 is 0. The number of rotatable bonds is 4. The summed E-state index contributed by atoms with van der Waals surface area (Å²) in [6.45, 7) is 1.000. The molecule has 6 heteroatoms. The van der Waals surface area contributed by atoms with Gasteiger partial charge in [0.05, 0.1) is 5.92 Å². The van der Waals surface area contributed by atoms with Crippen molar-refractivity contribution in [2.45, 2.75) is 5.92 Å². The largest absolute Gasteiger partial charge is 0.375 e. The Hall–Kier alpha value is -1.95. The van der Waals surface area contributed by atoms with Crippen LogP contribution in [0.2, 0.25) is 0 Å². The van der Waals surface area contributed by atoms with Gasteiger partial charge >= 0.3 is 0 Å². The maximum Gasteiger partial charge on any atom is 0.248 e. The Morgan fingerprint density at radius 3 is 2.76 bits per heavy atom. The Bertz CT molecular complexity index is 504. The molecule has 1 aliphatic heterocycles. The Morgan fingerprint density at radius 2 is 2.19 bits per heavy atom. The lowest BCUT2D eigenvalue weighted by atomic mass is 9.89. The number of aromatic nitrogens is 1. The summed E-state index contributed by atoms with van der Waals surface area (Å²) in [7, 11) is 4.97. The first kappa shape index (κ1) is 15.4. The van der Waals surface area contributed by atoms with Crippen LogP contribution in [0.1, 0.15) is 11.5 Å². The third-order valence-electron chi connectivity index (χ3n) is 3.81. The van der Waals surface area contributed by atoms with Crippen molar-refractivity contribution in [3.63, 3.8) is 0 Å². The van der Waals surface area contributed by atoms with Crippen molar-refractivity contribution in [1.29, 1.82) is 0 Å². The molecule has 6 nitrogen and oxygen atoms in total. The predicted molar refractivity (Wildman–Crippen MR) is 77.6 cm³/mol. The molecule has 21 heavy (non-hydrogen) atoms. The molecule has 2 amide bonds. The van der Waals surface area contributed by atoms with E-state index in [4.69, 9.17) is 4.74 Å². The molecule has 2 atom stereocenters. The molecule has 0 saturated carbocycles. The first-order valence-electron chi connectivity index (χ1n) is 6.92. The molecule has 1 aliphatic rings. The number of methoxy groups -OCH3 is 1. The summed E-state index contributed by atoms with van der Waals surface area (Å²) in [5.41, 5.74) is 0.991. The molecule has 0 unspecified atom stereocenters. The Labute approximate surface area is 124 Å². The van der Waals surface area contributed by atoms with Crippen LogP contribution in [0.25, 0.3) is 0 Å². The van der Waals surface area contributed by atoms with Crippen LogP contribution >= 0.6 is 0 Å². The first-order valence-corrected chi connectivity index (χ1v) is 6.92. The summed E-state index contributed by atoms with van der Waals surface area (Å²) in [5, 5.41) is 0. The van der Waals surface area contributed by atoms with Crippen molar-refractivity contribution in [2.75, 3.05) is 40.9 Å². The maximum absolute atomic E-state index is 12.4. The van der Waals surface area contributed by atoms with Gasteiger partial charge in [-0.25, -0.2) is 0 Å². The highest BCUT2D eigenvalue weighted by molar-refractivity contribution is 5.83. The number of nitrogens with zero attached hydrogens (tertiary/aromatic N) is 3. The smallest absolute Gasteiger partial charge is 0.248 e. The van der Waals surface area contributed by atoms with E-state index >= 15 is 0 Å². The SMILES string of the molecule is COCC(=O)N1C[C@@H](C(=O)N(C)C)[C@H](c2cccnc2)C1. The highest BCUT2D eigenvalue weighted by atomic mass is 16.5. The van der Waals surface area contributed by atoms with Gasteiger partial charge in [0.1, 0.15) is 6.61 Å². The Balaban J connectivity index is 2.23. The van der Waals surface area contributed by atoms with Crippen LogP contribution in [-0.2, 0) is 14.3 Å². The van der Waals surface area contributed by atoms with Crippen molar-refractivity contribution < 1.29 is 14.3 Å². The van der Waals surface area contributed by atoms with E-state index in [9.17, 15) is 9.59 Å². The molecule has 1 fully saturated rings. The molecule has 0 spiro atoms. The predicted octanol–water partition coefficient (Wildman–Crippen LogP) is 0.358. The molecule has 0 aliphatic carbocycles. The highest BCUT2D eigenvalue weighted by Gasteiger charge is 2.40. The minimum Gasteiger partial charge on any atom is -0.375 e. The van der Waals surface area contributed by atoms with Gasteiger partial charge in [-0.1, -0.05) is 6.07 Å². The molecule has 1 saturated heterocycles. The van der Waals surface area contributed by atoms with E-state index in [2.05, 4.69) is 4.98 Å². The molecule has 0 aromatic carbocycles. The van der Waals surface area contributed by atoms with Gasteiger partial charge in [0, 0.05) is 52.6 Å². The topological polar surface area (TPSA) is 62.7 Å². The number of carbonyl (C=O) groups excluding carboxylic acids is 2. The zero-order valence-electron chi connectivity index (χ0n) is 12.7. The molecule has 2 rings (SSSR count). The second kappa shape index (κ2) is 6.67. The zero-order valence-corrected chi connectivity index (χ0v) is 12.7. The molecule has 1 aromatic rings. The second-order valence-electron chi connectivity index (χ2n) is 5.46. The summed E-state index contributed by atoms with van der Waals surface area (Å²) in [6.07, 6.45) is 3.47. The number of hydrogen-bond acceptors (Lipinski definition) is 4. The van der Waals surface area contributed by atoms with Crippen molar-refractivity contribution in [3.8, 4) is 0 Å². The molecule has 114 valence electrons. The molecule has 0 bridgehead atoms. The third-order valence-corrected chi connectivity index (χ3v) is 3.81. The van der Waals surface area contributed by atoms with E-state index in [1.807, 2.05) is 12.1 Å². The first-order chi connectivity index (χ1) is 10.0. The maximum atomic E-state index is 12.4. The van der Waals surface area contributed by atoms with E-state index in [0.717, 1.165) is 5.56 Å².